The largest absolute Gasteiger partial charge is 0.508 e. The molecular weight excluding hydrogens is 467 g/mol. The van der Waals surface area contributed by atoms with Crippen LogP contribution in [0, 0.1) is 0 Å². The van der Waals surface area contributed by atoms with E-state index in [1.807, 2.05) is 30.3 Å². The molecule has 173 valence electrons. The second kappa shape index (κ2) is 12.0. The zero-order chi connectivity index (χ0) is 23.1. The minimum Gasteiger partial charge on any atom is -0.508 e. The first-order chi connectivity index (χ1) is 15.4. The van der Waals surface area contributed by atoms with Crippen LogP contribution in [0.25, 0.3) is 10.8 Å². The summed E-state index contributed by atoms with van der Waals surface area (Å²) >= 11 is 0. The first-order valence-corrected chi connectivity index (χ1v) is 9.99. The predicted molar refractivity (Wildman–Crippen MR) is 122 cm³/mol. The standard InChI is InChI=1S/C19H18O3.C7H6O3.Co/c1-13(14-5-3-2-4-6-14)15-7-8-16-11-19(20)18(12-22-21)10-17(16)9-15;8-6-4-2-1-3-5(6)7(9)10;/h2-11,13,20-21H,12H2,1H3;1-4,8H,(H,9,10);. The van der Waals surface area contributed by atoms with Crippen LogP contribution in [0.15, 0.2) is 84.9 Å². The summed E-state index contributed by atoms with van der Waals surface area (Å²) in [7, 11) is 0. The number of hydrogen-bond donors (Lipinski definition) is 4. The second-order valence-electron chi connectivity index (χ2n) is 7.32. The van der Waals surface area contributed by atoms with Crippen molar-refractivity contribution in [2.45, 2.75) is 19.4 Å². The van der Waals surface area contributed by atoms with Gasteiger partial charge in [0.15, 0.2) is 0 Å². The Morgan fingerprint density at radius 2 is 1.48 bits per heavy atom. The molecule has 0 aromatic heterocycles. The summed E-state index contributed by atoms with van der Waals surface area (Å²) in [5, 5.41) is 37.8. The molecule has 0 saturated heterocycles. The molecule has 4 rings (SSSR count). The van der Waals surface area contributed by atoms with Crippen LogP contribution in [-0.2, 0) is 28.3 Å². The first-order valence-electron chi connectivity index (χ1n) is 9.99. The van der Waals surface area contributed by atoms with Gasteiger partial charge in [-0.05, 0) is 46.2 Å². The fourth-order valence-corrected chi connectivity index (χ4v) is 3.39. The van der Waals surface area contributed by atoms with Gasteiger partial charge in [0.2, 0.25) is 0 Å². The van der Waals surface area contributed by atoms with Gasteiger partial charge < -0.3 is 15.3 Å². The molecule has 7 heteroatoms. The van der Waals surface area contributed by atoms with Crippen molar-refractivity contribution >= 4 is 16.7 Å². The predicted octanol–water partition coefficient (Wildman–Crippen LogP) is 5.77. The van der Waals surface area contributed by atoms with Gasteiger partial charge in [0.1, 0.15) is 23.7 Å². The summed E-state index contributed by atoms with van der Waals surface area (Å²) in [6.45, 7) is 2.15. The molecule has 33 heavy (non-hydrogen) atoms. The quantitative estimate of drug-likeness (QED) is 0.208. The number of carbonyl (C=O) groups is 1. The molecule has 1 unspecified atom stereocenters. The monoisotopic (exact) mass is 491 g/mol. The van der Waals surface area contributed by atoms with E-state index >= 15 is 0 Å². The van der Waals surface area contributed by atoms with Crippen molar-refractivity contribution in [2.75, 3.05) is 0 Å². The number of benzene rings is 4. The maximum atomic E-state index is 10.3. The molecule has 4 aromatic rings. The fraction of sp³-hybridized carbons (Fsp3) is 0.115. The van der Waals surface area contributed by atoms with Gasteiger partial charge in [0, 0.05) is 28.3 Å². The van der Waals surface area contributed by atoms with Crippen molar-refractivity contribution in [1.29, 1.82) is 0 Å². The number of aromatic carboxylic acids is 1. The number of hydrogen-bond acceptors (Lipinski definition) is 5. The van der Waals surface area contributed by atoms with E-state index in [4.69, 9.17) is 15.5 Å². The third-order valence-corrected chi connectivity index (χ3v) is 5.22. The number of carboxylic acid groups (broad SMARTS) is 1. The van der Waals surface area contributed by atoms with Crippen molar-refractivity contribution in [3.8, 4) is 11.5 Å². The van der Waals surface area contributed by atoms with E-state index in [2.05, 4.69) is 36.1 Å². The van der Waals surface area contributed by atoms with Crippen molar-refractivity contribution < 1.29 is 47.0 Å². The Bertz CT molecular complexity index is 1210. The van der Waals surface area contributed by atoms with E-state index in [9.17, 15) is 9.90 Å². The minimum atomic E-state index is -1.11. The Kier molecular flexibility index (Phi) is 9.44. The summed E-state index contributed by atoms with van der Waals surface area (Å²) in [5.74, 6) is -0.893. The van der Waals surface area contributed by atoms with Gasteiger partial charge >= 0.3 is 5.97 Å². The summed E-state index contributed by atoms with van der Waals surface area (Å²) in [4.78, 5) is 14.4. The molecule has 0 fully saturated rings. The van der Waals surface area contributed by atoms with Gasteiger partial charge in [-0.25, -0.2) is 9.68 Å². The van der Waals surface area contributed by atoms with Crippen LogP contribution in [0.2, 0.25) is 0 Å². The molecule has 1 radical (unpaired) electrons. The van der Waals surface area contributed by atoms with E-state index < -0.39 is 5.97 Å². The number of rotatable bonds is 5. The van der Waals surface area contributed by atoms with Crippen LogP contribution in [0.1, 0.15) is 39.9 Å². The van der Waals surface area contributed by atoms with E-state index in [-0.39, 0.29) is 46.4 Å². The molecule has 4 aromatic carbocycles. The molecule has 6 nitrogen and oxygen atoms in total. The third-order valence-electron chi connectivity index (χ3n) is 5.22. The van der Waals surface area contributed by atoms with Gasteiger partial charge in [0.25, 0.3) is 0 Å². The van der Waals surface area contributed by atoms with Crippen molar-refractivity contribution in [2.24, 2.45) is 0 Å². The number of phenolic OH excluding ortho intramolecular Hbond substituents is 1. The van der Waals surface area contributed by atoms with Gasteiger partial charge in [-0.15, -0.1) is 0 Å². The maximum Gasteiger partial charge on any atom is 0.339 e. The molecule has 0 aliphatic rings. The minimum absolute atomic E-state index is 0. The number of fused-ring (bicyclic) bond motifs is 1. The Morgan fingerprint density at radius 3 is 2.09 bits per heavy atom. The van der Waals surface area contributed by atoms with Crippen LogP contribution in [0.4, 0.5) is 0 Å². The smallest absolute Gasteiger partial charge is 0.339 e. The number of aromatic hydroxyl groups is 2. The first kappa shape index (κ1) is 25.9. The van der Waals surface area contributed by atoms with Gasteiger partial charge in [-0.2, -0.15) is 0 Å². The van der Waals surface area contributed by atoms with E-state index in [0.29, 0.717) is 5.56 Å². The molecule has 0 saturated carbocycles. The molecule has 4 N–H and O–H groups in total. The Balaban J connectivity index is 0.000000297. The number of carboxylic acids is 1. The van der Waals surface area contributed by atoms with Crippen LogP contribution < -0.4 is 0 Å². The maximum absolute atomic E-state index is 10.3. The van der Waals surface area contributed by atoms with Gasteiger partial charge in [-0.1, -0.05) is 67.6 Å². The average Bonchev–Trinajstić information content (AvgIpc) is 2.80. The SMILES string of the molecule is CC(c1ccccc1)c1ccc2cc(O)c(COO)cc2c1.O=C(O)c1ccccc1O.[Co]. The van der Waals surface area contributed by atoms with E-state index in [1.54, 1.807) is 18.2 Å². The zero-order valence-corrected chi connectivity index (χ0v) is 18.8. The van der Waals surface area contributed by atoms with Crippen LogP contribution in [-0.4, -0.2) is 26.5 Å². The van der Waals surface area contributed by atoms with Crippen LogP contribution >= 0.6 is 0 Å². The Hall–Kier alpha value is -3.36. The molecule has 0 amide bonds. The van der Waals surface area contributed by atoms with E-state index in [1.165, 1.54) is 23.3 Å². The molecular formula is C26H24CoO6. The van der Waals surface area contributed by atoms with Gasteiger partial charge in [0.05, 0.1) is 0 Å². The van der Waals surface area contributed by atoms with Crippen LogP contribution in [0.3, 0.4) is 0 Å². The summed E-state index contributed by atoms with van der Waals surface area (Å²) < 4.78 is 0. The van der Waals surface area contributed by atoms with Crippen molar-refractivity contribution in [1.82, 2.24) is 0 Å². The van der Waals surface area contributed by atoms with Crippen molar-refractivity contribution in [3.05, 3.63) is 107 Å². The van der Waals surface area contributed by atoms with Crippen LogP contribution in [0.5, 0.6) is 11.5 Å². The molecule has 1 atom stereocenters. The summed E-state index contributed by atoms with van der Waals surface area (Å²) in [6, 6.07) is 25.9. The number of phenols is 2. The second-order valence-corrected chi connectivity index (χ2v) is 7.32. The molecule has 0 aliphatic heterocycles. The Labute approximate surface area is 201 Å². The van der Waals surface area contributed by atoms with Crippen molar-refractivity contribution in [3.63, 3.8) is 0 Å². The topological polar surface area (TPSA) is 107 Å². The summed E-state index contributed by atoms with van der Waals surface area (Å²) in [6.07, 6.45) is 0. The molecule has 0 heterocycles. The molecule has 0 aliphatic carbocycles. The average molecular weight is 491 g/mol. The third kappa shape index (κ3) is 6.56. The normalized spacial score (nSPS) is 11.1. The number of para-hydroxylation sites is 1. The van der Waals surface area contributed by atoms with Gasteiger partial charge in [-0.3, -0.25) is 5.26 Å². The summed E-state index contributed by atoms with van der Waals surface area (Å²) in [5.41, 5.74) is 2.97. The Morgan fingerprint density at radius 1 is 0.818 bits per heavy atom. The molecule has 0 spiro atoms. The van der Waals surface area contributed by atoms with E-state index in [0.717, 1.165) is 10.8 Å². The molecule has 0 bridgehead atoms. The fourth-order valence-electron chi connectivity index (χ4n) is 3.39. The zero-order valence-electron chi connectivity index (χ0n) is 17.8.